The summed E-state index contributed by atoms with van der Waals surface area (Å²) in [6, 6.07) is 3.83. The third-order valence-electron chi connectivity index (χ3n) is 3.21. The van der Waals surface area contributed by atoms with Gasteiger partial charge < -0.3 is 0 Å². The lowest BCUT2D eigenvalue weighted by atomic mass is 9.91. The van der Waals surface area contributed by atoms with E-state index < -0.39 is 30.3 Å². The van der Waals surface area contributed by atoms with Gasteiger partial charge >= 0.3 is 0 Å². The van der Waals surface area contributed by atoms with Crippen molar-refractivity contribution in [2.24, 2.45) is 10.3 Å². The molecule has 0 aliphatic heterocycles. The molecular formula is C12H11Cl3N2O4S2. The van der Waals surface area contributed by atoms with E-state index in [0.717, 1.165) is 6.07 Å². The molecule has 1 aliphatic rings. The molecule has 0 bridgehead atoms. The standard InChI is InChI=1S/C12H11Cl3N2O4S2/c13-7-3-4-8(10(6-7)23(17,20)21)12(15)5-1-2-9(11(12)14)22(16,18)19/h1-6,11H,(H2,16,18,19)(H2,17,20,21). The fraction of sp³-hybridized carbons (Fsp3) is 0.167. The minimum Gasteiger partial charge on any atom is -0.225 e. The minimum absolute atomic E-state index is 0.00318. The maximum absolute atomic E-state index is 11.8. The third-order valence-corrected chi connectivity index (χ3v) is 6.79. The van der Waals surface area contributed by atoms with Gasteiger partial charge in [-0.15, -0.1) is 23.2 Å². The van der Waals surface area contributed by atoms with E-state index in [-0.39, 0.29) is 20.4 Å². The van der Waals surface area contributed by atoms with Gasteiger partial charge in [-0.05, 0) is 23.8 Å². The fourth-order valence-corrected chi connectivity index (χ4v) is 5.10. The molecule has 0 heterocycles. The summed E-state index contributed by atoms with van der Waals surface area (Å²) in [6.45, 7) is 0. The van der Waals surface area contributed by atoms with Crippen LogP contribution in [0.25, 0.3) is 0 Å². The summed E-state index contributed by atoms with van der Waals surface area (Å²) in [5.74, 6) is 0. The zero-order chi connectivity index (χ0) is 17.6. The number of nitrogens with two attached hydrogens (primary N) is 2. The molecular weight excluding hydrogens is 407 g/mol. The van der Waals surface area contributed by atoms with E-state index >= 15 is 0 Å². The Balaban J connectivity index is 2.73. The molecule has 0 aromatic heterocycles. The number of allylic oxidation sites excluding steroid dienone is 4. The number of hydrogen-bond donors (Lipinski definition) is 2. The summed E-state index contributed by atoms with van der Waals surface area (Å²) in [7, 11) is -8.31. The van der Waals surface area contributed by atoms with Crippen molar-refractivity contribution in [1.82, 2.24) is 0 Å². The fourth-order valence-electron chi connectivity index (χ4n) is 2.17. The van der Waals surface area contributed by atoms with Crippen LogP contribution in [0.5, 0.6) is 0 Å². The Labute approximate surface area is 148 Å². The maximum Gasteiger partial charge on any atom is 0.238 e. The first kappa shape index (κ1) is 18.7. The van der Waals surface area contributed by atoms with Crippen LogP contribution in [0.1, 0.15) is 5.56 Å². The van der Waals surface area contributed by atoms with Gasteiger partial charge in [-0.3, -0.25) is 0 Å². The number of halogens is 3. The van der Waals surface area contributed by atoms with Crippen LogP contribution in [0.3, 0.4) is 0 Å². The molecule has 2 rings (SSSR count). The molecule has 11 heteroatoms. The Hall–Kier alpha value is -0.610. The van der Waals surface area contributed by atoms with Gasteiger partial charge in [0, 0.05) is 5.02 Å². The van der Waals surface area contributed by atoms with E-state index in [4.69, 9.17) is 45.1 Å². The normalized spacial score (nSPS) is 25.3. The van der Waals surface area contributed by atoms with E-state index in [2.05, 4.69) is 0 Å². The van der Waals surface area contributed by atoms with Crippen molar-refractivity contribution in [1.29, 1.82) is 0 Å². The molecule has 0 amide bonds. The zero-order valence-corrected chi connectivity index (χ0v) is 15.2. The largest absolute Gasteiger partial charge is 0.238 e. The number of sulfonamides is 2. The third kappa shape index (κ3) is 3.58. The van der Waals surface area contributed by atoms with E-state index in [1.54, 1.807) is 0 Å². The molecule has 0 saturated carbocycles. The van der Waals surface area contributed by atoms with Crippen molar-refractivity contribution in [3.8, 4) is 0 Å². The molecule has 1 aliphatic carbocycles. The smallest absolute Gasteiger partial charge is 0.225 e. The van der Waals surface area contributed by atoms with Gasteiger partial charge in [-0.25, -0.2) is 27.1 Å². The van der Waals surface area contributed by atoms with Crippen LogP contribution >= 0.6 is 34.8 Å². The van der Waals surface area contributed by atoms with E-state index in [1.165, 1.54) is 30.4 Å². The lowest BCUT2D eigenvalue weighted by Gasteiger charge is -2.33. The van der Waals surface area contributed by atoms with Gasteiger partial charge in [-0.1, -0.05) is 29.8 Å². The van der Waals surface area contributed by atoms with Crippen molar-refractivity contribution < 1.29 is 16.8 Å². The molecule has 126 valence electrons. The second-order valence-corrected chi connectivity index (χ2v) is 9.38. The molecule has 6 nitrogen and oxygen atoms in total. The number of benzene rings is 1. The Morgan fingerprint density at radius 2 is 1.70 bits per heavy atom. The molecule has 2 atom stereocenters. The average molecular weight is 418 g/mol. The topological polar surface area (TPSA) is 120 Å². The number of alkyl halides is 2. The van der Waals surface area contributed by atoms with Crippen LogP contribution in [-0.4, -0.2) is 22.2 Å². The van der Waals surface area contributed by atoms with Crippen molar-refractivity contribution in [2.75, 3.05) is 0 Å². The molecule has 0 saturated heterocycles. The first-order valence-corrected chi connectivity index (χ1v) is 10.2. The highest BCUT2D eigenvalue weighted by atomic mass is 35.5. The highest BCUT2D eigenvalue weighted by Gasteiger charge is 2.44. The average Bonchev–Trinajstić information content (AvgIpc) is 2.39. The monoisotopic (exact) mass is 416 g/mol. The summed E-state index contributed by atoms with van der Waals surface area (Å²) in [6.07, 6.45) is 3.88. The molecule has 1 aromatic rings. The number of rotatable bonds is 3. The maximum atomic E-state index is 11.8. The molecule has 0 radical (unpaired) electrons. The number of hydrogen-bond acceptors (Lipinski definition) is 4. The van der Waals surface area contributed by atoms with Crippen LogP contribution in [-0.2, 0) is 24.9 Å². The molecule has 1 aromatic carbocycles. The quantitative estimate of drug-likeness (QED) is 0.728. The van der Waals surface area contributed by atoms with Crippen LogP contribution in [0, 0.1) is 0 Å². The summed E-state index contributed by atoms with van der Waals surface area (Å²) < 4.78 is 46.9. The molecule has 4 N–H and O–H groups in total. The van der Waals surface area contributed by atoms with Crippen molar-refractivity contribution in [3.63, 3.8) is 0 Å². The van der Waals surface area contributed by atoms with Crippen molar-refractivity contribution in [3.05, 3.63) is 51.9 Å². The second kappa shape index (κ2) is 6.03. The van der Waals surface area contributed by atoms with Crippen LogP contribution in [0.2, 0.25) is 5.02 Å². The van der Waals surface area contributed by atoms with E-state index in [9.17, 15) is 16.8 Å². The van der Waals surface area contributed by atoms with Crippen LogP contribution in [0.4, 0.5) is 0 Å². The predicted octanol–water partition coefficient (Wildman–Crippen LogP) is 1.77. The Kier molecular flexibility index (Phi) is 4.91. The van der Waals surface area contributed by atoms with Gasteiger partial charge in [-0.2, -0.15) is 0 Å². The molecule has 0 spiro atoms. The summed E-state index contributed by atoms with van der Waals surface area (Å²) in [5, 5.41) is 9.07. The Morgan fingerprint density at radius 3 is 2.22 bits per heavy atom. The highest BCUT2D eigenvalue weighted by Crippen LogP contribution is 2.46. The Bertz CT molecular complexity index is 926. The molecule has 23 heavy (non-hydrogen) atoms. The van der Waals surface area contributed by atoms with Gasteiger partial charge in [0.25, 0.3) is 0 Å². The molecule has 0 fully saturated rings. The SMILES string of the molecule is NS(=O)(=O)C1=CC=CC(Cl)(c2ccc(Cl)cc2S(N)(=O)=O)C1Cl. The first-order valence-electron chi connectivity index (χ1n) is 5.95. The summed E-state index contributed by atoms with van der Waals surface area (Å²) in [5.41, 5.74) is -0.00318. The lowest BCUT2D eigenvalue weighted by Crippen LogP contribution is -2.37. The van der Waals surface area contributed by atoms with Crippen LogP contribution < -0.4 is 10.3 Å². The summed E-state index contributed by atoms with van der Waals surface area (Å²) >= 11 is 18.5. The second-order valence-electron chi connectivity index (χ2n) is 4.79. The summed E-state index contributed by atoms with van der Waals surface area (Å²) in [4.78, 5) is -2.39. The van der Waals surface area contributed by atoms with Crippen molar-refractivity contribution in [2.45, 2.75) is 15.1 Å². The zero-order valence-electron chi connectivity index (χ0n) is 11.3. The molecule has 2 unspecified atom stereocenters. The van der Waals surface area contributed by atoms with Crippen LogP contribution in [0.15, 0.2) is 46.2 Å². The van der Waals surface area contributed by atoms with Crippen molar-refractivity contribution >= 4 is 54.8 Å². The number of primary sulfonamides is 2. The first-order chi connectivity index (χ1) is 10.4. The van der Waals surface area contributed by atoms with Gasteiger partial charge in [0.2, 0.25) is 20.0 Å². The van der Waals surface area contributed by atoms with Gasteiger partial charge in [0.05, 0.1) is 15.2 Å². The lowest BCUT2D eigenvalue weighted by molar-refractivity contribution is 0.593. The van der Waals surface area contributed by atoms with E-state index in [0.29, 0.717) is 0 Å². The van der Waals surface area contributed by atoms with E-state index in [1.807, 2.05) is 0 Å². The Morgan fingerprint density at radius 1 is 1.09 bits per heavy atom. The predicted molar refractivity (Wildman–Crippen MR) is 90.3 cm³/mol. The highest BCUT2D eigenvalue weighted by molar-refractivity contribution is 7.93. The van der Waals surface area contributed by atoms with Gasteiger partial charge in [0.1, 0.15) is 4.87 Å². The van der Waals surface area contributed by atoms with Gasteiger partial charge in [0.15, 0.2) is 0 Å². The minimum atomic E-state index is -4.18.